The number of rotatable bonds is 11. The third-order valence-electron chi connectivity index (χ3n) is 2.85. The summed E-state index contributed by atoms with van der Waals surface area (Å²) in [6.07, 6.45) is 7.37. The molecule has 0 spiro atoms. The lowest BCUT2D eigenvalue weighted by Crippen LogP contribution is -2.36. The number of carbonyl (C=O) groups is 2. The van der Waals surface area contributed by atoms with E-state index in [1.54, 1.807) is 0 Å². The van der Waals surface area contributed by atoms with Crippen molar-refractivity contribution in [3.63, 3.8) is 0 Å². The van der Waals surface area contributed by atoms with E-state index in [-0.39, 0.29) is 18.4 Å². The summed E-state index contributed by atoms with van der Waals surface area (Å²) in [6.45, 7) is 8.69. The molecule has 0 bridgehead atoms. The average Bonchev–Trinajstić information content (AvgIpc) is 2.41. The minimum absolute atomic E-state index is 0.0285. The first-order valence-electron chi connectivity index (χ1n) is 7.22. The molecule has 0 unspecified atom stereocenters. The highest BCUT2D eigenvalue weighted by molar-refractivity contribution is 5.89. The van der Waals surface area contributed by atoms with Gasteiger partial charge >= 0.3 is 5.97 Å². The van der Waals surface area contributed by atoms with Gasteiger partial charge in [0.05, 0.1) is 6.61 Å². The Morgan fingerprint density at radius 3 is 2.37 bits per heavy atom. The van der Waals surface area contributed by atoms with Crippen LogP contribution in [0.4, 0.5) is 0 Å². The summed E-state index contributed by atoms with van der Waals surface area (Å²) in [7, 11) is 0. The van der Waals surface area contributed by atoms with E-state index in [9.17, 15) is 9.59 Å². The molecule has 0 aliphatic carbocycles. The minimum atomic E-state index is -0.334. The molecule has 0 heterocycles. The maximum absolute atomic E-state index is 11.6. The maximum Gasteiger partial charge on any atom is 0.325 e. The highest BCUT2D eigenvalue weighted by Gasteiger charge is 2.15. The van der Waals surface area contributed by atoms with Gasteiger partial charge in [0.1, 0.15) is 6.54 Å². The lowest BCUT2D eigenvalue weighted by molar-refractivity contribution is -0.148. The third kappa shape index (κ3) is 9.28. The second kappa shape index (κ2) is 11.8. The van der Waals surface area contributed by atoms with Gasteiger partial charge in [0, 0.05) is 6.54 Å². The fourth-order valence-electron chi connectivity index (χ4n) is 1.66. The molecule has 0 saturated carbocycles. The monoisotopic (exact) mass is 269 g/mol. The van der Waals surface area contributed by atoms with Crippen molar-refractivity contribution in [2.75, 3.05) is 19.7 Å². The van der Waals surface area contributed by atoms with E-state index in [4.69, 9.17) is 4.74 Å². The summed E-state index contributed by atoms with van der Waals surface area (Å²) in [5.41, 5.74) is 0. The second-order valence-electron chi connectivity index (χ2n) is 4.60. The van der Waals surface area contributed by atoms with Crippen LogP contribution < -0.4 is 0 Å². The van der Waals surface area contributed by atoms with Crippen molar-refractivity contribution in [3.8, 4) is 0 Å². The Balaban J connectivity index is 4.08. The van der Waals surface area contributed by atoms with Crippen LogP contribution in [0, 0.1) is 0 Å². The van der Waals surface area contributed by atoms with Crippen LogP contribution in [0.5, 0.6) is 0 Å². The van der Waals surface area contributed by atoms with Gasteiger partial charge in [-0.2, -0.15) is 0 Å². The molecule has 19 heavy (non-hydrogen) atoms. The molecule has 0 aliphatic rings. The molecule has 110 valence electrons. The summed E-state index contributed by atoms with van der Waals surface area (Å²) >= 11 is 0. The predicted molar refractivity (Wildman–Crippen MR) is 76.8 cm³/mol. The van der Waals surface area contributed by atoms with Gasteiger partial charge in [-0.1, -0.05) is 46.1 Å². The Kier molecular flexibility index (Phi) is 10.9. The zero-order chi connectivity index (χ0) is 14.5. The molecule has 1 amide bonds. The van der Waals surface area contributed by atoms with Crippen molar-refractivity contribution in [3.05, 3.63) is 12.7 Å². The Bertz CT molecular complexity index is 277. The number of hydrogen-bond acceptors (Lipinski definition) is 3. The number of hydrogen-bond donors (Lipinski definition) is 0. The molecule has 0 aromatic rings. The lowest BCUT2D eigenvalue weighted by Gasteiger charge is -2.20. The Hall–Kier alpha value is -1.32. The standard InChI is InChI=1S/C15H27NO3/c1-4-7-9-10-11-16(14(17)6-3)13-15(18)19-12-8-5-2/h6H,3-5,7-13H2,1-2H3. The van der Waals surface area contributed by atoms with Crippen molar-refractivity contribution in [2.45, 2.75) is 52.4 Å². The highest BCUT2D eigenvalue weighted by atomic mass is 16.5. The fraction of sp³-hybridized carbons (Fsp3) is 0.733. The van der Waals surface area contributed by atoms with Gasteiger partial charge < -0.3 is 9.64 Å². The van der Waals surface area contributed by atoms with Crippen LogP contribution in [0.3, 0.4) is 0 Å². The van der Waals surface area contributed by atoms with Crippen molar-refractivity contribution in [1.29, 1.82) is 0 Å². The van der Waals surface area contributed by atoms with E-state index in [1.807, 2.05) is 6.92 Å². The Morgan fingerprint density at radius 2 is 1.79 bits per heavy atom. The van der Waals surface area contributed by atoms with Gasteiger partial charge in [0.25, 0.3) is 0 Å². The number of amides is 1. The van der Waals surface area contributed by atoms with Gasteiger partial charge in [-0.15, -0.1) is 0 Å². The molecule has 0 saturated heterocycles. The normalized spacial score (nSPS) is 10.0. The maximum atomic E-state index is 11.6. The minimum Gasteiger partial charge on any atom is -0.464 e. The van der Waals surface area contributed by atoms with Crippen LogP contribution in [-0.4, -0.2) is 36.5 Å². The summed E-state index contributed by atoms with van der Waals surface area (Å²) in [4.78, 5) is 24.7. The molecular formula is C15H27NO3. The SMILES string of the molecule is C=CC(=O)N(CCCCCC)CC(=O)OCCCC. The zero-order valence-corrected chi connectivity index (χ0v) is 12.3. The summed E-state index contributed by atoms with van der Waals surface area (Å²) < 4.78 is 5.07. The molecule has 0 rings (SSSR count). The molecule has 0 aliphatic heterocycles. The van der Waals surface area contributed by atoms with Crippen LogP contribution in [-0.2, 0) is 14.3 Å². The van der Waals surface area contributed by atoms with Gasteiger partial charge in [-0.25, -0.2) is 0 Å². The topological polar surface area (TPSA) is 46.6 Å². The number of unbranched alkanes of at least 4 members (excludes halogenated alkanes) is 4. The Labute approximate surface area is 116 Å². The molecule has 4 heteroatoms. The smallest absolute Gasteiger partial charge is 0.325 e. The van der Waals surface area contributed by atoms with Gasteiger partial charge in [-0.05, 0) is 18.9 Å². The number of ether oxygens (including phenoxy) is 1. The molecule has 0 fully saturated rings. The van der Waals surface area contributed by atoms with Crippen LogP contribution in [0.2, 0.25) is 0 Å². The first kappa shape index (κ1) is 17.7. The van der Waals surface area contributed by atoms with Crippen LogP contribution in [0.15, 0.2) is 12.7 Å². The summed E-state index contributed by atoms with van der Waals surface area (Å²) in [5, 5.41) is 0. The quantitative estimate of drug-likeness (QED) is 0.329. The van der Waals surface area contributed by atoms with E-state index in [0.29, 0.717) is 13.2 Å². The van der Waals surface area contributed by atoms with Crippen molar-refractivity contribution >= 4 is 11.9 Å². The highest BCUT2D eigenvalue weighted by Crippen LogP contribution is 2.03. The Morgan fingerprint density at radius 1 is 1.11 bits per heavy atom. The first-order valence-corrected chi connectivity index (χ1v) is 7.22. The third-order valence-corrected chi connectivity index (χ3v) is 2.85. The zero-order valence-electron chi connectivity index (χ0n) is 12.3. The van der Waals surface area contributed by atoms with Crippen LogP contribution in [0.1, 0.15) is 52.4 Å². The van der Waals surface area contributed by atoms with Crippen molar-refractivity contribution < 1.29 is 14.3 Å². The largest absolute Gasteiger partial charge is 0.464 e. The van der Waals surface area contributed by atoms with E-state index >= 15 is 0 Å². The number of carbonyl (C=O) groups excluding carboxylic acids is 2. The van der Waals surface area contributed by atoms with E-state index in [0.717, 1.165) is 38.5 Å². The van der Waals surface area contributed by atoms with Gasteiger partial charge in [0.15, 0.2) is 0 Å². The first-order chi connectivity index (χ1) is 9.15. The summed E-state index contributed by atoms with van der Waals surface area (Å²) in [6, 6.07) is 0. The van der Waals surface area contributed by atoms with Gasteiger partial charge in [-0.3, -0.25) is 9.59 Å². The molecule has 0 aromatic carbocycles. The molecular weight excluding hydrogens is 242 g/mol. The molecule has 0 aromatic heterocycles. The average molecular weight is 269 g/mol. The van der Waals surface area contributed by atoms with Crippen LogP contribution >= 0.6 is 0 Å². The molecule has 0 N–H and O–H groups in total. The van der Waals surface area contributed by atoms with Gasteiger partial charge in [0.2, 0.25) is 5.91 Å². The van der Waals surface area contributed by atoms with Crippen LogP contribution in [0.25, 0.3) is 0 Å². The molecule has 4 nitrogen and oxygen atoms in total. The number of nitrogens with zero attached hydrogens (tertiary/aromatic N) is 1. The van der Waals surface area contributed by atoms with Crippen molar-refractivity contribution in [2.24, 2.45) is 0 Å². The molecule has 0 atom stereocenters. The number of esters is 1. The fourth-order valence-corrected chi connectivity index (χ4v) is 1.66. The van der Waals surface area contributed by atoms with Crippen molar-refractivity contribution in [1.82, 2.24) is 4.90 Å². The summed E-state index contributed by atoms with van der Waals surface area (Å²) in [5.74, 6) is -0.539. The molecule has 0 radical (unpaired) electrons. The lowest BCUT2D eigenvalue weighted by atomic mass is 10.2. The predicted octanol–water partition coefficient (Wildman–Crippen LogP) is 2.92. The van der Waals surface area contributed by atoms with E-state index in [1.165, 1.54) is 11.0 Å². The van der Waals surface area contributed by atoms with E-state index in [2.05, 4.69) is 13.5 Å². The second-order valence-corrected chi connectivity index (χ2v) is 4.60. The van der Waals surface area contributed by atoms with E-state index < -0.39 is 0 Å².